The summed E-state index contributed by atoms with van der Waals surface area (Å²) in [7, 11) is 3.89. The number of aromatic nitrogens is 2. The van der Waals surface area contributed by atoms with Gasteiger partial charge < -0.3 is 14.6 Å². The van der Waals surface area contributed by atoms with Crippen molar-refractivity contribution in [3.05, 3.63) is 17.2 Å². The maximum absolute atomic E-state index is 5.05. The van der Waals surface area contributed by atoms with Crippen molar-refractivity contribution < 1.29 is 4.74 Å². The predicted molar refractivity (Wildman–Crippen MR) is 59.1 cm³/mol. The number of nitrogens with one attached hydrogen (secondary N) is 1. The van der Waals surface area contributed by atoms with Crippen LogP contribution in [0.5, 0.6) is 0 Å². The summed E-state index contributed by atoms with van der Waals surface area (Å²) in [6.45, 7) is 2.98. The summed E-state index contributed by atoms with van der Waals surface area (Å²) in [5.41, 5.74) is 2.58. The lowest BCUT2D eigenvalue weighted by Gasteiger charge is -2.11. The number of hydrogen-bond donors (Lipinski definition) is 1. The first-order valence-electron chi connectivity index (χ1n) is 5.53. The van der Waals surface area contributed by atoms with Crippen LogP contribution in [0.4, 0.5) is 0 Å². The summed E-state index contributed by atoms with van der Waals surface area (Å²) in [4.78, 5) is 10.4. The Morgan fingerprint density at radius 2 is 2.20 bits per heavy atom. The van der Waals surface area contributed by atoms with Gasteiger partial charge in [-0.2, -0.15) is 0 Å². The van der Waals surface area contributed by atoms with Crippen molar-refractivity contribution >= 4 is 0 Å². The molecule has 1 N–H and O–H groups in total. The van der Waals surface area contributed by atoms with E-state index in [4.69, 9.17) is 4.74 Å². The van der Waals surface area contributed by atoms with Gasteiger partial charge in [0, 0.05) is 45.2 Å². The highest BCUT2D eigenvalue weighted by Gasteiger charge is 2.15. The molecule has 0 spiro atoms. The Bertz CT molecular complexity index is 296. The van der Waals surface area contributed by atoms with Crippen molar-refractivity contribution in [3.8, 4) is 0 Å². The van der Waals surface area contributed by atoms with Crippen molar-refractivity contribution in [1.29, 1.82) is 0 Å². The van der Waals surface area contributed by atoms with Gasteiger partial charge in [0.15, 0.2) is 0 Å². The first-order valence-corrected chi connectivity index (χ1v) is 5.53. The van der Waals surface area contributed by atoms with Crippen LogP contribution in [0, 0.1) is 0 Å². The maximum atomic E-state index is 5.05. The zero-order valence-corrected chi connectivity index (χ0v) is 9.55. The Morgan fingerprint density at radius 1 is 1.40 bits per heavy atom. The first-order chi connectivity index (χ1) is 7.29. The van der Waals surface area contributed by atoms with Crippen molar-refractivity contribution in [2.75, 3.05) is 33.9 Å². The van der Waals surface area contributed by atoms with Gasteiger partial charge >= 0.3 is 0 Å². The SMILES string of the molecule is COCCc1nc2c([nH]1)CCN(C)CC2. The summed E-state index contributed by atoms with van der Waals surface area (Å²) in [6.07, 6.45) is 3.04. The zero-order valence-electron chi connectivity index (χ0n) is 9.55. The number of rotatable bonds is 3. The second kappa shape index (κ2) is 4.77. The Labute approximate surface area is 90.6 Å². The summed E-state index contributed by atoms with van der Waals surface area (Å²) < 4.78 is 5.05. The van der Waals surface area contributed by atoms with E-state index in [1.165, 1.54) is 11.4 Å². The molecule has 0 saturated carbocycles. The van der Waals surface area contributed by atoms with E-state index in [9.17, 15) is 0 Å². The molecule has 1 aliphatic rings. The van der Waals surface area contributed by atoms with Crippen LogP contribution in [0.2, 0.25) is 0 Å². The number of H-pyrrole nitrogens is 1. The quantitative estimate of drug-likeness (QED) is 0.794. The van der Waals surface area contributed by atoms with E-state index in [0.29, 0.717) is 0 Å². The van der Waals surface area contributed by atoms with Gasteiger partial charge in [-0.3, -0.25) is 0 Å². The largest absolute Gasteiger partial charge is 0.384 e. The molecule has 84 valence electrons. The molecule has 1 aromatic heterocycles. The third-order valence-electron chi connectivity index (χ3n) is 2.93. The standard InChI is InChI=1S/C11H19N3O/c1-14-6-3-9-10(4-7-14)13-11(12-9)5-8-15-2/h3-8H2,1-2H3,(H,12,13). The molecule has 0 bridgehead atoms. The molecule has 4 nitrogen and oxygen atoms in total. The van der Waals surface area contributed by atoms with Crippen molar-refractivity contribution in [1.82, 2.24) is 14.9 Å². The number of fused-ring (bicyclic) bond motifs is 1. The molecule has 2 rings (SSSR count). The van der Waals surface area contributed by atoms with Gasteiger partial charge in [-0.25, -0.2) is 4.98 Å². The monoisotopic (exact) mass is 209 g/mol. The van der Waals surface area contributed by atoms with E-state index in [1.807, 2.05) is 0 Å². The van der Waals surface area contributed by atoms with Crippen LogP contribution in [0.3, 0.4) is 0 Å². The van der Waals surface area contributed by atoms with E-state index in [0.717, 1.165) is 44.8 Å². The third-order valence-corrected chi connectivity index (χ3v) is 2.93. The van der Waals surface area contributed by atoms with Gasteiger partial charge in [-0.1, -0.05) is 0 Å². The maximum Gasteiger partial charge on any atom is 0.108 e. The number of methoxy groups -OCH3 is 1. The first kappa shape index (κ1) is 10.6. The molecular weight excluding hydrogens is 190 g/mol. The molecule has 0 radical (unpaired) electrons. The highest BCUT2D eigenvalue weighted by atomic mass is 16.5. The fraction of sp³-hybridized carbons (Fsp3) is 0.727. The van der Waals surface area contributed by atoms with Gasteiger partial charge in [-0.15, -0.1) is 0 Å². The smallest absolute Gasteiger partial charge is 0.108 e. The highest BCUT2D eigenvalue weighted by Crippen LogP contribution is 2.13. The second-order valence-electron chi connectivity index (χ2n) is 4.15. The molecular formula is C11H19N3O. The highest BCUT2D eigenvalue weighted by molar-refractivity contribution is 5.17. The van der Waals surface area contributed by atoms with Crippen LogP contribution in [0.15, 0.2) is 0 Å². The lowest BCUT2D eigenvalue weighted by molar-refractivity contribution is 0.200. The van der Waals surface area contributed by atoms with E-state index in [-0.39, 0.29) is 0 Å². The van der Waals surface area contributed by atoms with Gasteiger partial charge in [0.25, 0.3) is 0 Å². The number of nitrogens with zero attached hydrogens (tertiary/aromatic N) is 2. The molecule has 1 aliphatic heterocycles. The summed E-state index contributed by atoms with van der Waals surface area (Å²) in [6, 6.07) is 0. The molecule has 0 aliphatic carbocycles. The van der Waals surface area contributed by atoms with Crippen LogP contribution in [-0.2, 0) is 24.0 Å². The van der Waals surface area contributed by atoms with Gasteiger partial charge in [0.1, 0.15) is 5.82 Å². The Morgan fingerprint density at radius 3 is 3.00 bits per heavy atom. The summed E-state index contributed by atoms with van der Waals surface area (Å²) >= 11 is 0. The van der Waals surface area contributed by atoms with Crippen molar-refractivity contribution in [2.45, 2.75) is 19.3 Å². The fourth-order valence-corrected chi connectivity index (χ4v) is 1.95. The fourth-order valence-electron chi connectivity index (χ4n) is 1.95. The van der Waals surface area contributed by atoms with Crippen LogP contribution >= 0.6 is 0 Å². The molecule has 0 saturated heterocycles. The Balaban J connectivity index is 2.05. The minimum Gasteiger partial charge on any atom is -0.384 e. The van der Waals surface area contributed by atoms with Crippen LogP contribution in [0.25, 0.3) is 0 Å². The van der Waals surface area contributed by atoms with Crippen LogP contribution < -0.4 is 0 Å². The molecule has 0 fully saturated rings. The molecule has 0 amide bonds. The van der Waals surface area contributed by atoms with E-state index in [1.54, 1.807) is 7.11 Å². The Hall–Kier alpha value is -0.870. The van der Waals surface area contributed by atoms with Crippen molar-refractivity contribution in [3.63, 3.8) is 0 Å². The minimum absolute atomic E-state index is 0.742. The molecule has 2 heterocycles. The summed E-state index contributed by atoms with van der Waals surface area (Å²) in [5.74, 6) is 1.08. The number of hydrogen-bond acceptors (Lipinski definition) is 3. The number of aromatic amines is 1. The topological polar surface area (TPSA) is 41.1 Å². The van der Waals surface area contributed by atoms with Crippen molar-refractivity contribution in [2.24, 2.45) is 0 Å². The molecule has 15 heavy (non-hydrogen) atoms. The lowest BCUT2D eigenvalue weighted by atomic mass is 10.2. The molecule has 0 atom stereocenters. The van der Waals surface area contributed by atoms with Crippen LogP contribution in [0.1, 0.15) is 17.2 Å². The van der Waals surface area contributed by atoms with E-state index >= 15 is 0 Å². The molecule has 1 aromatic rings. The number of imidazole rings is 1. The number of likely N-dealkylation sites (N-methyl/N-ethyl adjacent to an activating group) is 1. The van der Waals surface area contributed by atoms with Gasteiger partial charge in [0.2, 0.25) is 0 Å². The lowest BCUT2D eigenvalue weighted by Crippen LogP contribution is -2.21. The normalized spacial score (nSPS) is 17.5. The van der Waals surface area contributed by atoms with Gasteiger partial charge in [-0.05, 0) is 7.05 Å². The molecule has 0 unspecified atom stereocenters. The predicted octanol–water partition coefficient (Wildman–Crippen LogP) is 0.629. The number of ether oxygens (including phenoxy) is 1. The average Bonchev–Trinajstić information content (AvgIpc) is 2.55. The van der Waals surface area contributed by atoms with Crippen LogP contribution in [-0.4, -0.2) is 48.7 Å². The van der Waals surface area contributed by atoms with E-state index < -0.39 is 0 Å². The molecule has 4 heteroatoms. The molecule has 0 aromatic carbocycles. The van der Waals surface area contributed by atoms with E-state index in [2.05, 4.69) is 21.9 Å². The third kappa shape index (κ3) is 2.58. The zero-order chi connectivity index (χ0) is 10.7. The minimum atomic E-state index is 0.742. The van der Waals surface area contributed by atoms with Gasteiger partial charge in [0.05, 0.1) is 12.3 Å². The Kier molecular flexibility index (Phi) is 3.38. The summed E-state index contributed by atoms with van der Waals surface area (Å²) in [5, 5.41) is 0. The second-order valence-corrected chi connectivity index (χ2v) is 4.15. The average molecular weight is 209 g/mol.